The van der Waals surface area contributed by atoms with Crippen molar-refractivity contribution in [2.75, 3.05) is 0 Å². The van der Waals surface area contributed by atoms with Crippen LogP contribution in [0.15, 0.2) is 63.3 Å². The average molecular weight is 438 g/mol. The number of hydrogen-bond acceptors (Lipinski definition) is 8. The molecule has 6 nitrogen and oxygen atoms in total. The molecule has 152 valence electrons. The maximum Gasteiger partial charge on any atom is 0.338 e. The van der Waals surface area contributed by atoms with Crippen LogP contribution < -0.4 is 0 Å². The summed E-state index contributed by atoms with van der Waals surface area (Å²) < 4.78 is 10.5. The first-order chi connectivity index (χ1) is 14.6. The lowest BCUT2D eigenvalue weighted by molar-refractivity contribution is 0.0429. The summed E-state index contributed by atoms with van der Waals surface area (Å²) >= 11 is 3.33. The summed E-state index contributed by atoms with van der Waals surface area (Å²) in [7, 11) is 0. The predicted molar refractivity (Wildman–Crippen MR) is 116 cm³/mol. The van der Waals surface area contributed by atoms with Crippen LogP contribution in [0.25, 0.3) is 11.4 Å². The highest BCUT2D eigenvalue weighted by atomic mass is 32.2. The third kappa shape index (κ3) is 5.14. The number of carbonyl (C=O) groups excluding carboxylic acids is 1. The molecule has 0 aliphatic rings. The first kappa shape index (κ1) is 20.3. The van der Waals surface area contributed by atoms with E-state index in [1.165, 1.54) is 0 Å². The van der Waals surface area contributed by atoms with Crippen molar-refractivity contribution in [3.63, 3.8) is 0 Å². The van der Waals surface area contributed by atoms with Crippen LogP contribution in [0, 0.1) is 13.8 Å². The van der Waals surface area contributed by atoms with Crippen LogP contribution in [0.3, 0.4) is 0 Å². The van der Waals surface area contributed by atoms with Crippen LogP contribution in [-0.4, -0.2) is 21.1 Å². The van der Waals surface area contributed by atoms with E-state index in [-0.39, 0.29) is 12.5 Å². The van der Waals surface area contributed by atoms with Crippen LogP contribution in [0.1, 0.15) is 32.5 Å². The Kier molecular flexibility index (Phi) is 6.25. The second-order valence-electron chi connectivity index (χ2n) is 6.62. The summed E-state index contributed by atoms with van der Waals surface area (Å²) in [6.45, 7) is 3.94. The van der Waals surface area contributed by atoms with E-state index < -0.39 is 5.97 Å². The lowest BCUT2D eigenvalue weighted by Crippen LogP contribution is -2.05. The van der Waals surface area contributed by atoms with Crippen LogP contribution in [-0.2, 0) is 17.1 Å². The van der Waals surface area contributed by atoms with E-state index >= 15 is 0 Å². The minimum atomic E-state index is -0.434. The molecule has 0 amide bonds. The lowest BCUT2D eigenvalue weighted by atomic mass is 10.1. The molecule has 0 fully saturated rings. The number of benzene rings is 2. The van der Waals surface area contributed by atoms with Gasteiger partial charge >= 0.3 is 5.97 Å². The van der Waals surface area contributed by atoms with Gasteiger partial charge in [0.15, 0.2) is 6.61 Å². The molecule has 2 heterocycles. The summed E-state index contributed by atoms with van der Waals surface area (Å²) in [4.78, 5) is 22.1. The summed E-state index contributed by atoms with van der Waals surface area (Å²) in [5.41, 5.74) is 3.54. The van der Waals surface area contributed by atoms with Gasteiger partial charge in [-0.15, -0.1) is 23.1 Å². The number of hydrogen-bond donors (Lipinski definition) is 0. The third-order valence-corrected chi connectivity index (χ3v) is 6.12. The molecule has 0 aliphatic heterocycles. The molecule has 0 atom stereocenters. The molecule has 8 heteroatoms. The van der Waals surface area contributed by atoms with Crippen molar-refractivity contribution in [1.29, 1.82) is 0 Å². The minimum Gasteiger partial charge on any atom is -0.452 e. The highest BCUT2D eigenvalue weighted by molar-refractivity contribution is 7.98. The Morgan fingerprint density at radius 2 is 1.83 bits per heavy atom. The molecular weight excluding hydrogens is 418 g/mol. The molecule has 0 saturated carbocycles. The molecular formula is C22H19N3O3S2. The van der Waals surface area contributed by atoms with Crippen molar-refractivity contribution in [1.82, 2.24) is 15.1 Å². The van der Waals surface area contributed by atoms with E-state index in [4.69, 9.17) is 9.26 Å². The molecule has 0 radical (unpaired) electrons. The number of rotatable bonds is 7. The van der Waals surface area contributed by atoms with Gasteiger partial charge in [0, 0.05) is 21.6 Å². The Labute approximate surface area is 182 Å². The maximum atomic E-state index is 12.3. The quantitative estimate of drug-likeness (QED) is 0.281. The molecule has 2 aromatic heterocycles. The molecule has 0 N–H and O–H groups in total. The van der Waals surface area contributed by atoms with Gasteiger partial charge < -0.3 is 9.26 Å². The molecule has 0 aliphatic carbocycles. The predicted octanol–water partition coefficient (Wildman–Crippen LogP) is 5.46. The molecule has 2 aromatic carbocycles. The largest absolute Gasteiger partial charge is 0.452 e. The second kappa shape index (κ2) is 9.23. The van der Waals surface area contributed by atoms with Gasteiger partial charge in [0.25, 0.3) is 5.89 Å². The van der Waals surface area contributed by atoms with Crippen molar-refractivity contribution < 1.29 is 14.1 Å². The normalized spacial score (nSPS) is 10.9. The summed E-state index contributed by atoms with van der Waals surface area (Å²) in [5, 5.41) is 7.07. The van der Waals surface area contributed by atoms with Gasteiger partial charge in [-0.25, -0.2) is 9.78 Å². The molecule has 0 saturated heterocycles. The zero-order valence-electron chi connectivity index (χ0n) is 16.5. The van der Waals surface area contributed by atoms with Crippen LogP contribution >= 0.6 is 23.1 Å². The number of aryl methyl sites for hydroxylation is 2. The molecule has 4 aromatic rings. The monoisotopic (exact) mass is 437 g/mol. The van der Waals surface area contributed by atoms with Gasteiger partial charge in [-0.1, -0.05) is 35.0 Å². The number of esters is 1. The van der Waals surface area contributed by atoms with E-state index in [2.05, 4.69) is 20.5 Å². The second-order valence-corrected chi connectivity index (χ2v) is 8.74. The Hall–Kier alpha value is -2.97. The summed E-state index contributed by atoms with van der Waals surface area (Å²) in [6.07, 6.45) is 0. The van der Waals surface area contributed by atoms with Crippen LogP contribution in [0.5, 0.6) is 0 Å². The number of aromatic nitrogens is 3. The molecule has 0 bridgehead atoms. The van der Waals surface area contributed by atoms with Crippen molar-refractivity contribution in [2.24, 2.45) is 0 Å². The van der Waals surface area contributed by atoms with Crippen molar-refractivity contribution in [3.05, 3.63) is 81.6 Å². The van der Waals surface area contributed by atoms with E-state index in [0.29, 0.717) is 11.4 Å². The van der Waals surface area contributed by atoms with Crippen molar-refractivity contribution in [3.8, 4) is 11.4 Å². The van der Waals surface area contributed by atoms with E-state index in [1.54, 1.807) is 35.2 Å². The Bertz CT molecular complexity index is 1140. The van der Waals surface area contributed by atoms with Crippen LogP contribution in [0.2, 0.25) is 0 Å². The van der Waals surface area contributed by atoms with Crippen molar-refractivity contribution in [2.45, 2.75) is 31.1 Å². The topological polar surface area (TPSA) is 78.1 Å². The van der Waals surface area contributed by atoms with Gasteiger partial charge in [-0.2, -0.15) is 4.98 Å². The zero-order chi connectivity index (χ0) is 20.9. The Morgan fingerprint density at radius 1 is 1.07 bits per heavy atom. The molecule has 0 unspecified atom stereocenters. The summed E-state index contributed by atoms with van der Waals surface area (Å²) in [6, 6.07) is 15.1. The Morgan fingerprint density at radius 3 is 2.53 bits per heavy atom. The van der Waals surface area contributed by atoms with Gasteiger partial charge in [-0.3, -0.25) is 0 Å². The first-order valence-corrected chi connectivity index (χ1v) is 11.1. The fraction of sp³-hybridized carbons (Fsp3) is 0.182. The van der Waals surface area contributed by atoms with E-state index in [9.17, 15) is 4.79 Å². The lowest BCUT2D eigenvalue weighted by Gasteiger charge is -2.04. The number of carbonyl (C=O) groups is 1. The standard InChI is InChI=1S/C22H19N3O3S2/c1-14-3-5-16(6-4-14)21-24-20(28-25-21)11-27-22(26)17-7-9-19(10-8-17)30-13-18-12-29-15(2)23-18/h3-10,12H,11,13H2,1-2H3. The van der Waals surface area contributed by atoms with Crippen LogP contribution in [0.4, 0.5) is 0 Å². The fourth-order valence-electron chi connectivity index (χ4n) is 2.66. The summed E-state index contributed by atoms with van der Waals surface area (Å²) in [5.74, 6) is 1.09. The Balaban J connectivity index is 1.30. The molecule has 30 heavy (non-hydrogen) atoms. The highest BCUT2D eigenvalue weighted by Gasteiger charge is 2.13. The minimum absolute atomic E-state index is 0.0721. The molecule has 0 spiro atoms. The van der Waals surface area contributed by atoms with Crippen molar-refractivity contribution >= 4 is 29.1 Å². The van der Waals surface area contributed by atoms with Gasteiger partial charge in [0.1, 0.15) is 0 Å². The van der Waals surface area contributed by atoms with Gasteiger partial charge in [0.05, 0.1) is 16.3 Å². The number of thioether (sulfide) groups is 1. The van der Waals surface area contributed by atoms with E-state index in [1.807, 2.05) is 50.2 Å². The van der Waals surface area contributed by atoms with Gasteiger partial charge in [-0.05, 0) is 38.1 Å². The molecule has 4 rings (SSSR count). The number of ether oxygens (including phenoxy) is 1. The highest BCUT2D eigenvalue weighted by Crippen LogP contribution is 2.24. The third-order valence-electron chi connectivity index (χ3n) is 4.25. The maximum absolute atomic E-state index is 12.3. The smallest absolute Gasteiger partial charge is 0.338 e. The zero-order valence-corrected chi connectivity index (χ0v) is 18.1. The fourth-order valence-corrected chi connectivity index (χ4v) is 4.17. The number of thiazole rings is 1. The van der Waals surface area contributed by atoms with Gasteiger partial charge in [0.2, 0.25) is 5.82 Å². The number of nitrogens with zero attached hydrogens (tertiary/aromatic N) is 3. The van der Waals surface area contributed by atoms with E-state index in [0.717, 1.165) is 32.5 Å². The SMILES string of the molecule is Cc1ccc(-c2noc(COC(=O)c3ccc(SCc4csc(C)n4)cc3)n2)cc1. The average Bonchev–Trinajstić information content (AvgIpc) is 3.40. The first-order valence-electron chi connectivity index (χ1n) is 9.27.